The Morgan fingerprint density at radius 1 is 1.33 bits per heavy atom. The van der Waals surface area contributed by atoms with Crippen LogP contribution in [0.2, 0.25) is 0 Å². The van der Waals surface area contributed by atoms with Crippen molar-refractivity contribution in [2.24, 2.45) is 5.92 Å². The summed E-state index contributed by atoms with van der Waals surface area (Å²) in [6.07, 6.45) is 3.98. The van der Waals surface area contributed by atoms with Gasteiger partial charge in [-0.3, -0.25) is 0 Å². The molecule has 1 N–H and O–H groups in total. The first-order valence-corrected chi connectivity index (χ1v) is 5.84. The Morgan fingerprint density at radius 3 is 2.93 bits per heavy atom. The number of hydrogen-bond acceptors (Lipinski definition) is 2. The van der Waals surface area contributed by atoms with Gasteiger partial charge in [-0.1, -0.05) is 12.1 Å². The zero-order valence-electron chi connectivity index (χ0n) is 8.95. The monoisotopic (exact) mass is 203 g/mol. The number of nitrogens with zero attached hydrogens (tertiary/aromatic N) is 1. The van der Waals surface area contributed by atoms with E-state index in [2.05, 4.69) is 17.0 Å². The molecule has 15 heavy (non-hydrogen) atoms. The smallest absolute Gasteiger partial charge is 0.0681 e. The van der Waals surface area contributed by atoms with Crippen molar-refractivity contribution in [3.8, 4) is 0 Å². The zero-order chi connectivity index (χ0) is 10.3. The SMILES string of the molecule is OCc1ccc2c(c1)CCN2CC1CC1. The van der Waals surface area contributed by atoms with Crippen LogP contribution in [0.3, 0.4) is 0 Å². The lowest BCUT2D eigenvalue weighted by molar-refractivity contribution is 0.282. The van der Waals surface area contributed by atoms with Crippen molar-refractivity contribution in [3.05, 3.63) is 29.3 Å². The van der Waals surface area contributed by atoms with E-state index < -0.39 is 0 Å². The van der Waals surface area contributed by atoms with E-state index >= 15 is 0 Å². The molecule has 0 saturated heterocycles. The molecule has 1 aromatic rings. The van der Waals surface area contributed by atoms with Crippen LogP contribution in [0.25, 0.3) is 0 Å². The highest BCUT2D eigenvalue weighted by Crippen LogP contribution is 2.35. The fourth-order valence-electron chi connectivity index (χ4n) is 2.42. The molecule has 0 radical (unpaired) electrons. The zero-order valence-corrected chi connectivity index (χ0v) is 8.95. The van der Waals surface area contributed by atoms with Gasteiger partial charge in [0.05, 0.1) is 6.61 Å². The number of fused-ring (bicyclic) bond motifs is 1. The van der Waals surface area contributed by atoms with Gasteiger partial charge in [0.25, 0.3) is 0 Å². The van der Waals surface area contributed by atoms with Crippen LogP contribution >= 0.6 is 0 Å². The lowest BCUT2D eigenvalue weighted by atomic mass is 10.1. The van der Waals surface area contributed by atoms with Crippen LogP contribution in [0.5, 0.6) is 0 Å². The third-order valence-electron chi connectivity index (χ3n) is 3.49. The Morgan fingerprint density at radius 2 is 2.20 bits per heavy atom. The maximum absolute atomic E-state index is 9.08. The second-order valence-corrected chi connectivity index (χ2v) is 4.76. The molecule has 1 aromatic carbocycles. The van der Waals surface area contributed by atoms with Crippen molar-refractivity contribution in [2.75, 3.05) is 18.0 Å². The van der Waals surface area contributed by atoms with E-state index in [4.69, 9.17) is 5.11 Å². The van der Waals surface area contributed by atoms with E-state index in [1.54, 1.807) is 0 Å². The summed E-state index contributed by atoms with van der Waals surface area (Å²) in [5.74, 6) is 0.952. The van der Waals surface area contributed by atoms with E-state index in [1.807, 2.05) is 6.07 Å². The first-order valence-electron chi connectivity index (χ1n) is 5.84. The van der Waals surface area contributed by atoms with Gasteiger partial charge in [0.2, 0.25) is 0 Å². The summed E-state index contributed by atoms with van der Waals surface area (Å²) in [6.45, 7) is 2.57. The van der Waals surface area contributed by atoms with Crippen LogP contribution in [-0.2, 0) is 13.0 Å². The Labute approximate surface area is 90.5 Å². The van der Waals surface area contributed by atoms with Gasteiger partial charge >= 0.3 is 0 Å². The van der Waals surface area contributed by atoms with Crippen LogP contribution < -0.4 is 4.90 Å². The van der Waals surface area contributed by atoms with E-state index in [0.29, 0.717) is 0 Å². The Kier molecular flexibility index (Phi) is 2.17. The highest BCUT2D eigenvalue weighted by atomic mass is 16.3. The van der Waals surface area contributed by atoms with Gasteiger partial charge < -0.3 is 10.0 Å². The minimum atomic E-state index is 0.163. The van der Waals surface area contributed by atoms with Crippen molar-refractivity contribution in [3.63, 3.8) is 0 Å². The van der Waals surface area contributed by atoms with Gasteiger partial charge in [-0.05, 0) is 42.4 Å². The van der Waals surface area contributed by atoms with Gasteiger partial charge in [-0.15, -0.1) is 0 Å². The maximum Gasteiger partial charge on any atom is 0.0681 e. The average Bonchev–Trinajstić information content (AvgIpc) is 2.99. The number of benzene rings is 1. The number of anilines is 1. The molecule has 3 rings (SSSR count). The molecule has 1 fully saturated rings. The summed E-state index contributed by atoms with van der Waals surface area (Å²) in [4.78, 5) is 2.51. The van der Waals surface area contributed by atoms with Crippen LogP contribution in [0, 0.1) is 5.92 Å². The Hall–Kier alpha value is -1.02. The van der Waals surface area contributed by atoms with E-state index in [-0.39, 0.29) is 6.61 Å². The molecule has 0 amide bonds. The summed E-state index contributed by atoms with van der Waals surface area (Å²) in [5, 5.41) is 9.08. The number of rotatable bonds is 3. The van der Waals surface area contributed by atoms with E-state index in [9.17, 15) is 0 Å². The average molecular weight is 203 g/mol. The molecule has 80 valence electrons. The molecule has 1 heterocycles. The van der Waals surface area contributed by atoms with Gasteiger partial charge in [-0.2, -0.15) is 0 Å². The molecule has 1 aliphatic heterocycles. The minimum Gasteiger partial charge on any atom is -0.392 e. The third-order valence-corrected chi connectivity index (χ3v) is 3.49. The van der Waals surface area contributed by atoms with Crippen LogP contribution in [0.1, 0.15) is 24.0 Å². The van der Waals surface area contributed by atoms with E-state index in [0.717, 1.165) is 17.9 Å². The summed E-state index contributed by atoms with van der Waals surface area (Å²) in [5.41, 5.74) is 3.86. The first-order chi connectivity index (χ1) is 7.36. The predicted molar refractivity (Wildman–Crippen MR) is 61.0 cm³/mol. The topological polar surface area (TPSA) is 23.5 Å². The molecule has 2 nitrogen and oxygen atoms in total. The van der Waals surface area contributed by atoms with Crippen LogP contribution in [-0.4, -0.2) is 18.2 Å². The number of aliphatic hydroxyl groups excluding tert-OH is 1. The standard InChI is InChI=1S/C13H17NO/c15-9-11-3-4-13-12(7-11)5-6-14(13)8-10-1-2-10/h3-4,7,10,15H,1-2,5-6,8-9H2. The molecule has 0 atom stereocenters. The molecule has 1 saturated carbocycles. The van der Waals surface area contributed by atoms with Crippen molar-refractivity contribution in [1.82, 2.24) is 0 Å². The second-order valence-electron chi connectivity index (χ2n) is 4.76. The van der Waals surface area contributed by atoms with Crippen LogP contribution in [0.4, 0.5) is 5.69 Å². The van der Waals surface area contributed by atoms with Crippen molar-refractivity contribution in [2.45, 2.75) is 25.9 Å². The third kappa shape index (κ3) is 1.74. The summed E-state index contributed by atoms with van der Waals surface area (Å²) >= 11 is 0. The summed E-state index contributed by atoms with van der Waals surface area (Å²) < 4.78 is 0. The fraction of sp³-hybridized carbons (Fsp3) is 0.538. The first kappa shape index (κ1) is 9.22. The molecule has 0 bridgehead atoms. The van der Waals surface area contributed by atoms with Gasteiger partial charge in [0.1, 0.15) is 0 Å². The molecular weight excluding hydrogens is 186 g/mol. The summed E-state index contributed by atoms with van der Waals surface area (Å²) in [6, 6.07) is 6.38. The predicted octanol–water partition coefficient (Wildman–Crippen LogP) is 1.95. The van der Waals surface area contributed by atoms with Crippen molar-refractivity contribution in [1.29, 1.82) is 0 Å². The van der Waals surface area contributed by atoms with Crippen molar-refractivity contribution < 1.29 is 5.11 Å². The quantitative estimate of drug-likeness (QED) is 0.811. The molecule has 0 unspecified atom stereocenters. The van der Waals surface area contributed by atoms with E-state index in [1.165, 1.54) is 37.2 Å². The van der Waals surface area contributed by atoms with Gasteiger partial charge in [0.15, 0.2) is 0 Å². The highest BCUT2D eigenvalue weighted by molar-refractivity contribution is 5.59. The fourth-order valence-corrected chi connectivity index (χ4v) is 2.42. The molecule has 0 aromatic heterocycles. The molecule has 2 aliphatic rings. The Bertz CT molecular complexity index is 371. The van der Waals surface area contributed by atoms with Crippen molar-refractivity contribution >= 4 is 5.69 Å². The normalized spacial score (nSPS) is 19.4. The second kappa shape index (κ2) is 3.53. The van der Waals surface area contributed by atoms with Gasteiger partial charge in [-0.25, -0.2) is 0 Å². The molecular formula is C13H17NO. The highest BCUT2D eigenvalue weighted by Gasteiger charge is 2.27. The maximum atomic E-state index is 9.08. The minimum absolute atomic E-state index is 0.163. The largest absolute Gasteiger partial charge is 0.392 e. The number of aliphatic hydroxyl groups is 1. The number of hydrogen-bond donors (Lipinski definition) is 1. The lowest BCUT2D eigenvalue weighted by Gasteiger charge is -2.19. The molecule has 2 heteroatoms. The summed E-state index contributed by atoms with van der Waals surface area (Å²) in [7, 11) is 0. The van der Waals surface area contributed by atoms with Crippen LogP contribution in [0.15, 0.2) is 18.2 Å². The lowest BCUT2D eigenvalue weighted by Crippen LogP contribution is -2.22. The Balaban J connectivity index is 1.83. The molecule has 1 aliphatic carbocycles. The van der Waals surface area contributed by atoms with Gasteiger partial charge in [0, 0.05) is 18.8 Å². The molecule has 0 spiro atoms.